The number of aromatic nitrogens is 1. The Bertz CT molecular complexity index is 511. The van der Waals surface area contributed by atoms with Gasteiger partial charge in [0.25, 0.3) is 0 Å². The number of benzene rings is 1. The van der Waals surface area contributed by atoms with Crippen molar-refractivity contribution >= 4 is 23.2 Å². The van der Waals surface area contributed by atoms with Crippen molar-refractivity contribution in [2.45, 2.75) is 20.0 Å². The van der Waals surface area contributed by atoms with Crippen LogP contribution in [0.3, 0.4) is 0 Å². The summed E-state index contributed by atoms with van der Waals surface area (Å²) in [7, 11) is 0. The molecule has 17 heavy (non-hydrogen) atoms. The first-order valence-corrected chi connectivity index (χ1v) is 5.97. The van der Waals surface area contributed by atoms with Crippen molar-refractivity contribution in [1.29, 1.82) is 0 Å². The summed E-state index contributed by atoms with van der Waals surface area (Å²) in [5.41, 5.74) is 1.97. The highest BCUT2D eigenvalue weighted by atomic mass is 35.5. The first-order chi connectivity index (χ1) is 8.15. The van der Waals surface area contributed by atoms with E-state index < -0.39 is 0 Å². The summed E-state index contributed by atoms with van der Waals surface area (Å²) in [6, 6.07) is 7.49. The fraction of sp³-hybridized carbons (Fsp3) is 0.250. The van der Waals surface area contributed by atoms with E-state index in [4.69, 9.17) is 27.7 Å². The molecule has 0 radical (unpaired) electrons. The lowest BCUT2D eigenvalue weighted by molar-refractivity contribution is 0.388. The van der Waals surface area contributed by atoms with Crippen molar-refractivity contribution in [3.8, 4) is 0 Å². The van der Waals surface area contributed by atoms with Gasteiger partial charge in [-0.3, -0.25) is 0 Å². The zero-order valence-corrected chi connectivity index (χ0v) is 10.8. The normalized spacial score (nSPS) is 10.8. The van der Waals surface area contributed by atoms with Crippen LogP contribution in [-0.4, -0.2) is 5.16 Å². The summed E-state index contributed by atoms with van der Waals surface area (Å²) in [5.74, 6) is 0.816. The molecule has 1 heterocycles. The first kappa shape index (κ1) is 12.4. The zero-order chi connectivity index (χ0) is 12.3. The molecule has 1 aromatic heterocycles. The SMILES string of the molecule is Cc1cc(CNCc2ccc(Cl)c(Cl)c2)no1. The highest BCUT2D eigenvalue weighted by Gasteiger charge is 2.01. The summed E-state index contributed by atoms with van der Waals surface area (Å²) < 4.78 is 4.97. The first-order valence-electron chi connectivity index (χ1n) is 5.22. The molecule has 0 aliphatic carbocycles. The molecule has 2 aromatic rings. The van der Waals surface area contributed by atoms with E-state index in [-0.39, 0.29) is 0 Å². The molecule has 0 bridgehead atoms. The number of halogens is 2. The molecule has 0 fully saturated rings. The Hall–Kier alpha value is -1.03. The Balaban J connectivity index is 1.87. The number of hydrogen-bond donors (Lipinski definition) is 1. The maximum absolute atomic E-state index is 5.93. The Morgan fingerprint density at radius 2 is 2.00 bits per heavy atom. The third-order valence-corrected chi connectivity index (χ3v) is 3.04. The lowest BCUT2D eigenvalue weighted by atomic mass is 10.2. The van der Waals surface area contributed by atoms with Gasteiger partial charge in [-0.15, -0.1) is 0 Å². The quantitative estimate of drug-likeness (QED) is 0.923. The molecular weight excluding hydrogens is 259 g/mol. The second-order valence-electron chi connectivity index (χ2n) is 3.78. The van der Waals surface area contributed by atoms with Crippen LogP contribution in [0.5, 0.6) is 0 Å². The molecule has 1 N–H and O–H groups in total. The van der Waals surface area contributed by atoms with Crippen LogP contribution in [0.4, 0.5) is 0 Å². The Kier molecular flexibility index (Phi) is 4.05. The lowest BCUT2D eigenvalue weighted by Gasteiger charge is -2.04. The highest BCUT2D eigenvalue weighted by molar-refractivity contribution is 6.42. The van der Waals surface area contributed by atoms with Gasteiger partial charge in [-0.2, -0.15) is 0 Å². The van der Waals surface area contributed by atoms with Crippen LogP contribution in [0.25, 0.3) is 0 Å². The van der Waals surface area contributed by atoms with E-state index >= 15 is 0 Å². The fourth-order valence-electron chi connectivity index (χ4n) is 1.49. The molecule has 0 amide bonds. The van der Waals surface area contributed by atoms with Gasteiger partial charge in [0.2, 0.25) is 0 Å². The van der Waals surface area contributed by atoms with Crippen molar-refractivity contribution < 1.29 is 4.52 Å². The minimum Gasteiger partial charge on any atom is -0.361 e. The number of nitrogens with zero attached hydrogens (tertiary/aromatic N) is 1. The number of rotatable bonds is 4. The van der Waals surface area contributed by atoms with Crippen molar-refractivity contribution in [1.82, 2.24) is 10.5 Å². The average Bonchev–Trinajstić information content (AvgIpc) is 2.70. The van der Waals surface area contributed by atoms with Gasteiger partial charge in [0.1, 0.15) is 5.76 Å². The summed E-state index contributed by atoms with van der Waals surface area (Å²) in [6.45, 7) is 3.25. The van der Waals surface area contributed by atoms with Crippen LogP contribution in [0.1, 0.15) is 17.0 Å². The van der Waals surface area contributed by atoms with E-state index in [0.717, 1.165) is 17.0 Å². The van der Waals surface area contributed by atoms with E-state index in [0.29, 0.717) is 23.1 Å². The second-order valence-corrected chi connectivity index (χ2v) is 4.60. The highest BCUT2D eigenvalue weighted by Crippen LogP contribution is 2.22. The molecule has 0 aliphatic heterocycles. The Morgan fingerprint density at radius 3 is 2.65 bits per heavy atom. The predicted molar refractivity (Wildman–Crippen MR) is 68.2 cm³/mol. The minimum atomic E-state index is 0.572. The number of aryl methyl sites for hydroxylation is 1. The second kappa shape index (κ2) is 5.54. The van der Waals surface area contributed by atoms with E-state index in [1.807, 2.05) is 25.1 Å². The van der Waals surface area contributed by atoms with Gasteiger partial charge in [0, 0.05) is 19.2 Å². The number of nitrogens with one attached hydrogen (secondary N) is 1. The molecule has 5 heteroatoms. The van der Waals surface area contributed by atoms with Crippen molar-refractivity contribution in [2.24, 2.45) is 0 Å². The van der Waals surface area contributed by atoms with Crippen LogP contribution >= 0.6 is 23.2 Å². The van der Waals surface area contributed by atoms with E-state index in [2.05, 4.69) is 10.5 Å². The molecule has 0 saturated heterocycles. The summed E-state index contributed by atoms with van der Waals surface area (Å²) >= 11 is 11.8. The minimum absolute atomic E-state index is 0.572. The molecule has 2 rings (SSSR count). The Labute approximate surface area is 110 Å². The van der Waals surface area contributed by atoms with Gasteiger partial charge in [-0.25, -0.2) is 0 Å². The standard InChI is InChI=1S/C12H12Cl2N2O/c1-8-4-10(16-17-8)7-15-6-9-2-3-11(13)12(14)5-9/h2-5,15H,6-7H2,1H3. The summed E-state index contributed by atoms with van der Waals surface area (Å²) in [6.07, 6.45) is 0. The summed E-state index contributed by atoms with van der Waals surface area (Å²) in [4.78, 5) is 0. The average molecular weight is 271 g/mol. The topological polar surface area (TPSA) is 38.1 Å². The van der Waals surface area contributed by atoms with Crippen LogP contribution in [0.2, 0.25) is 10.0 Å². The molecule has 0 saturated carbocycles. The number of hydrogen-bond acceptors (Lipinski definition) is 3. The Morgan fingerprint density at radius 1 is 1.18 bits per heavy atom. The van der Waals surface area contributed by atoms with Gasteiger partial charge >= 0.3 is 0 Å². The monoisotopic (exact) mass is 270 g/mol. The summed E-state index contributed by atoms with van der Waals surface area (Å²) in [5, 5.41) is 8.29. The zero-order valence-electron chi connectivity index (χ0n) is 9.34. The molecular formula is C12H12Cl2N2O. The molecule has 90 valence electrons. The third kappa shape index (κ3) is 3.46. The molecule has 0 atom stereocenters. The molecule has 0 spiro atoms. The van der Waals surface area contributed by atoms with Crippen LogP contribution in [0.15, 0.2) is 28.8 Å². The van der Waals surface area contributed by atoms with Gasteiger partial charge in [0.15, 0.2) is 0 Å². The molecule has 0 aliphatic rings. The third-order valence-electron chi connectivity index (χ3n) is 2.30. The van der Waals surface area contributed by atoms with E-state index in [1.54, 1.807) is 6.07 Å². The maximum Gasteiger partial charge on any atom is 0.133 e. The van der Waals surface area contributed by atoms with Crippen molar-refractivity contribution in [2.75, 3.05) is 0 Å². The van der Waals surface area contributed by atoms with Crippen LogP contribution in [-0.2, 0) is 13.1 Å². The fourth-order valence-corrected chi connectivity index (χ4v) is 1.81. The van der Waals surface area contributed by atoms with Crippen LogP contribution in [0, 0.1) is 6.92 Å². The smallest absolute Gasteiger partial charge is 0.133 e. The van der Waals surface area contributed by atoms with Gasteiger partial charge in [-0.1, -0.05) is 34.4 Å². The van der Waals surface area contributed by atoms with Gasteiger partial charge < -0.3 is 9.84 Å². The van der Waals surface area contributed by atoms with Crippen molar-refractivity contribution in [3.05, 3.63) is 51.3 Å². The molecule has 3 nitrogen and oxygen atoms in total. The predicted octanol–water partition coefficient (Wildman–Crippen LogP) is 3.58. The molecule has 1 aromatic carbocycles. The van der Waals surface area contributed by atoms with Crippen molar-refractivity contribution in [3.63, 3.8) is 0 Å². The van der Waals surface area contributed by atoms with E-state index in [1.165, 1.54) is 0 Å². The van der Waals surface area contributed by atoms with Gasteiger partial charge in [0.05, 0.1) is 15.7 Å². The van der Waals surface area contributed by atoms with E-state index in [9.17, 15) is 0 Å². The maximum atomic E-state index is 5.93. The van der Waals surface area contributed by atoms with Crippen LogP contribution < -0.4 is 5.32 Å². The lowest BCUT2D eigenvalue weighted by Crippen LogP contribution is -2.12. The van der Waals surface area contributed by atoms with Gasteiger partial charge in [-0.05, 0) is 24.6 Å². The largest absolute Gasteiger partial charge is 0.361 e. The molecule has 0 unspecified atom stereocenters.